The van der Waals surface area contributed by atoms with Crippen molar-refractivity contribution >= 4 is 11.6 Å². The summed E-state index contributed by atoms with van der Waals surface area (Å²) >= 11 is 0. The predicted octanol–water partition coefficient (Wildman–Crippen LogP) is 2.01. The fraction of sp³-hybridized carbons (Fsp3) is 0.600. The molecule has 2 aromatic rings. The highest BCUT2D eigenvalue weighted by Crippen LogP contribution is 2.19. The maximum Gasteiger partial charge on any atom is 0.245 e. The molecule has 1 fully saturated rings. The van der Waals surface area contributed by atoms with Gasteiger partial charge in [0.25, 0.3) is 0 Å². The summed E-state index contributed by atoms with van der Waals surface area (Å²) in [6.07, 6.45) is 5.56. The van der Waals surface area contributed by atoms with Crippen LogP contribution < -0.4 is 10.2 Å². The van der Waals surface area contributed by atoms with Crippen LogP contribution in [0.2, 0.25) is 0 Å². The highest BCUT2D eigenvalue weighted by molar-refractivity contribution is 5.47. The first-order valence-electron chi connectivity index (χ1n) is 7.58. The van der Waals surface area contributed by atoms with E-state index in [1.807, 2.05) is 10.7 Å². The number of pyridine rings is 1. The molecule has 0 aromatic carbocycles. The third kappa shape index (κ3) is 2.63. The number of hydrogen-bond acceptors (Lipinski definition) is 4. The molecular weight excluding hydrogens is 250 g/mol. The SMILES string of the molecule is CCCN(c1nc2cc(C)ccn2n1)C1CCCNC1. The number of aryl methyl sites for hydroxylation is 1. The summed E-state index contributed by atoms with van der Waals surface area (Å²) in [5, 5.41) is 8.13. The predicted molar refractivity (Wildman–Crippen MR) is 81.3 cm³/mol. The van der Waals surface area contributed by atoms with Crippen LogP contribution in [0.5, 0.6) is 0 Å². The standard InChI is InChI=1S/C15H23N5/c1-3-8-19(13-5-4-7-16-11-13)15-17-14-10-12(2)6-9-20(14)18-15/h6,9-10,13,16H,3-5,7-8,11H2,1-2H3. The molecule has 0 radical (unpaired) electrons. The van der Waals surface area contributed by atoms with Gasteiger partial charge in [0.05, 0.1) is 0 Å². The van der Waals surface area contributed by atoms with Crippen molar-refractivity contribution in [3.63, 3.8) is 0 Å². The number of aromatic nitrogens is 3. The molecule has 2 aromatic heterocycles. The quantitative estimate of drug-likeness (QED) is 0.925. The van der Waals surface area contributed by atoms with Gasteiger partial charge in [-0.25, -0.2) is 4.52 Å². The van der Waals surface area contributed by atoms with Crippen LogP contribution in [-0.4, -0.2) is 40.3 Å². The molecule has 0 bridgehead atoms. The van der Waals surface area contributed by atoms with Gasteiger partial charge in [-0.1, -0.05) is 6.92 Å². The Balaban J connectivity index is 1.91. The zero-order chi connectivity index (χ0) is 13.9. The molecule has 3 rings (SSSR count). The second-order valence-electron chi connectivity index (χ2n) is 5.61. The van der Waals surface area contributed by atoms with Gasteiger partial charge in [0.15, 0.2) is 5.65 Å². The number of nitrogens with zero attached hydrogens (tertiary/aromatic N) is 4. The molecule has 1 aliphatic rings. The monoisotopic (exact) mass is 273 g/mol. The molecule has 20 heavy (non-hydrogen) atoms. The maximum atomic E-state index is 4.72. The molecule has 0 spiro atoms. The van der Waals surface area contributed by atoms with Crippen molar-refractivity contribution in [2.24, 2.45) is 0 Å². The van der Waals surface area contributed by atoms with E-state index in [1.54, 1.807) is 0 Å². The molecule has 1 N–H and O–H groups in total. The van der Waals surface area contributed by atoms with E-state index in [9.17, 15) is 0 Å². The van der Waals surface area contributed by atoms with Crippen LogP contribution in [0.4, 0.5) is 5.95 Å². The largest absolute Gasteiger partial charge is 0.335 e. The van der Waals surface area contributed by atoms with Gasteiger partial charge in [0, 0.05) is 25.3 Å². The number of rotatable bonds is 4. The van der Waals surface area contributed by atoms with E-state index in [1.165, 1.54) is 18.4 Å². The van der Waals surface area contributed by atoms with Crippen molar-refractivity contribution in [3.05, 3.63) is 23.9 Å². The van der Waals surface area contributed by atoms with Gasteiger partial charge in [-0.2, -0.15) is 4.98 Å². The maximum absolute atomic E-state index is 4.72. The summed E-state index contributed by atoms with van der Waals surface area (Å²) in [5.74, 6) is 0.867. The summed E-state index contributed by atoms with van der Waals surface area (Å²) in [6.45, 7) is 7.48. The summed E-state index contributed by atoms with van der Waals surface area (Å²) < 4.78 is 1.88. The molecule has 108 valence electrons. The van der Waals surface area contributed by atoms with E-state index >= 15 is 0 Å². The molecule has 0 amide bonds. The normalized spacial score (nSPS) is 19.4. The molecule has 1 atom stereocenters. The highest BCUT2D eigenvalue weighted by atomic mass is 15.4. The second kappa shape index (κ2) is 5.79. The molecular formula is C15H23N5. The minimum absolute atomic E-state index is 0.516. The Morgan fingerprint density at radius 3 is 3.15 bits per heavy atom. The molecule has 0 aliphatic carbocycles. The van der Waals surface area contributed by atoms with Crippen molar-refractivity contribution in [2.75, 3.05) is 24.5 Å². The average molecular weight is 273 g/mol. The highest BCUT2D eigenvalue weighted by Gasteiger charge is 2.23. The zero-order valence-corrected chi connectivity index (χ0v) is 12.3. The lowest BCUT2D eigenvalue weighted by Gasteiger charge is -2.33. The molecule has 5 nitrogen and oxygen atoms in total. The van der Waals surface area contributed by atoms with Crippen molar-refractivity contribution < 1.29 is 0 Å². The first-order chi connectivity index (χ1) is 9.78. The Morgan fingerprint density at radius 1 is 1.50 bits per heavy atom. The van der Waals surface area contributed by atoms with E-state index in [0.29, 0.717) is 6.04 Å². The van der Waals surface area contributed by atoms with E-state index in [2.05, 4.69) is 41.3 Å². The third-order valence-corrected chi connectivity index (χ3v) is 3.91. The van der Waals surface area contributed by atoms with E-state index in [0.717, 1.165) is 37.7 Å². The number of anilines is 1. The minimum atomic E-state index is 0.516. The fourth-order valence-electron chi connectivity index (χ4n) is 2.88. The minimum Gasteiger partial charge on any atom is -0.335 e. The van der Waals surface area contributed by atoms with Gasteiger partial charge in [0.1, 0.15) is 0 Å². The van der Waals surface area contributed by atoms with Gasteiger partial charge in [-0.15, -0.1) is 5.10 Å². The van der Waals surface area contributed by atoms with Crippen molar-refractivity contribution in [1.29, 1.82) is 0 Å². The van der Waals surface area contributed by atoms with Gasteiger partial charge >= 0.3 is 0 Å². The van der Waals surface area contributed by atoms with Crippen LogP contribution in [-0.2, 0) is 0 Å². The van der Waals surface area contributed by atoms with Crippen LogP contribution in [0.1, 0.15) is 31.7 Å². The molecule has 3 heterocycles. The summed E-state index contributed by atoms with van der Waals surface area (Å²) in [5.41, 5.74) is 2.16. The number of piperidine rings is 1. The van der Waals surface area contributed by atoms with E-state index in [-0.39, 0.29) is 0 Å². The Hall–Kier alpha value is -1.62. The van der Waals surface area contributed by atoms with E-state index < -0.39 is 0 Å². The van der Waals surface area contributed by atoms with Crippen LogP contribution >= 0.6 is 0 Å². The molecule has 1 unspecified atom stereocenters. The second-order valence-corrected chi connectivity index (χ2v) is 5.61. The van der Waals surface area contributed by atoms with Gasteiger partial charge in [0.2, 0.25) is 5.95 Å². The molecule has 5 heteroatoms. The third-order valence-electron chi connectivity index (χ3n) is 3.91. The lowest BCUT2D eigenvalue weighted by Crippen LogP contribution is -2.47. The average Bonchev–Trinajstić information content (AvgIpc) is 2.88. The molecule has 1 aliphatic heterocycles. The van der Waals surface area contributed by atoms with Gasteiger partial charge in [-0.05, 0) is 50.4 Å². The zero-order valence-electron chi connectivity index (χ0n) is 12.3. The fourth-order valence-corrected chi connectivity index (χ4v) is 2.88. The number of hydrogen-bond donors (Lipinski definition) is 1. The van der Waals surface area contributed by atoms with Crippen LogP contribution in [0, 0.1) is 6.92 Å². The summed E-state index contributed by atoms with van der Waals surface area (Å²) in [7, 11) is 0. The number of nitrogens with one attached hydrogen (secondary N) is 1. The van der Waals surface area contributed by atoms with Crippen molar-refractivity contribution in [1.82, 2.24) is 19.9 Å². The van der Waals surface area contributed by atoms with Gasteiger partial charge in [-0.3, -0.25) is 0 Å². The molecule has 1 saturated heterocycles. The van der Waals surface area contributed by atoms with Crippen LogP contribution in [0.25, 0.3) is 5.65 Å². The Morgan fingerprint density at radius 2 is 2.40 bits per heavy atom. The van der Waals surface area contributed by atoms with E-state index in [4.69, 9.17) is 4.98 Å². The molecule has 0 saturated carbocycles. The number of fused-ring (bicyclic) bond motifs is 1. The summed E-state index contributed by atoms with van der Waals surface area (Å²) in [6, 6.07) is 4.67. The Bertz CT molecular complexity index is 571. The smallest absolute Gasteiger partial charge is 0.245 e. The summed E-state index contributed by atoms with van der Waals surface area (Å²) in [4.78, 5) is 7.09. The van der Waals surface area contributed by atoms with Crippen molar-refractivity contribution in [3.8, 4) is 0 Å². The van der Waals surface area contributed by atoms with Crippen LogP contribution in [0.3, 0.4) is 0 Å². The lowest BCUT2D eigenvalue weighted by molar-refractivity contribution is 0.426. The topological polar surface area (TPSA) is 45.5 Å². The lowest BCUT2D eigenvalue weighted by atomic mass is 10.1. The Kier molecular flexibility index (Phi) is 3.87. The van der Waals surface area contributed by atoms with Crippen LogP contribution in [0.15, 0.2) is 18.3 Å². The van der Waals surface area contributed by atoms with Crippen molar-refractivity contribution in [2.45, 2.75) is 39.2 Å². The van der Waals surface area contributed by atoms with Gasteiger partial charge < -0.3 is 10.2 Å². The Labute approximate surface area is 120 Å². The first-order valence-corrected chi connectivity index (χ1v) is 7.58. The first kappa shape index (κ1) is 13.4.